The van der Waals surface area contributed by atoms with Crippen LogP contribution in [0.25, 0.3) is 0 Å². The van der Waals surface area contributed by atoms with Gasteiger partial charge in [-0.1, -0.05) is 105 Å². The van der Waals surface area contributed by atoms with Crippen molar-refractivity contribution in [3.63, 3.8) is 0 Å². The summed E-state index contributed by atoms with van der Waals surface area (Å²) in [4.78, 5) is 0. The molecule has 0 aromatic heterocycles. The Morgan fingerprint density at radius 2 is 1.60 bits per heavy atom. The first-order chi connectivity index (χ1) is 19.2. The van der Waals surface area contributed by atoms with Gasteiger partial charge in [0.1, 0.15) is 0 Å². The van der Waals surface area contributed by atoms with Gasteiger partial charge >= 0.3 is 0 Å². The lowest BCUT2D eigenvalue weighted by atomic mass is 9.60. The quantitative estimate of drug-likeness (QED) is 0.138. The average molecular weight is 615 g/mol. The van der Waals surface area contributed by atoms with Gasteiger partial charge in [0, 0.05) is 6.61 Å². The summed E-state index contributed by atoms with van der Waals surface area (Å²) in [5, 5.41) is 0.529. The van der Waals surface area contributed by atoms with E-state index in [0.29, 0.717) is 16.4 Å². The van der Waals surface area contributed by atoms with Crippen molar-refractivity contribution < 1.29 is 8.85 Å². The third kappa shape index (κ3) is 8.23. The molecule has 6 atom stereocenters. The van der Waals surface area contributed by atoms with Crippen LogP contribution in [0.2, 0.25) is 36.3 Å². The van der Waals surface area contributed by atoms with Gasteiger partial charge in [-0.2, -0.15) is 0 Å². The number of unbranched alkanes of at least 4 members (excludes halogenated alkanes) is 1. The Kier molecular flexibility index (Phi) is 11.6. The van der Waals surface area contributed by atoms with Gasteiger partial charge in [0.25, 0.3) is 0 Å². The molecule has 42 heavy (non-hydrogen) atoms. The Morgan fingerprint density at radius 3 is 2.21 bits per heavy atom. The maximum absolute atomic E-state index is 6.92. The molecule has 3 fully saturated rings. The van der Waals surface area contributed by atoms with E-state index in [1.165, 1.54) is 56.9 Å². The van der Waals surface area contributed by atoms with Crippen LogP contribution in [0.15, 0.2) is 35.5 Å². The van der Waals surface area contributed by atoms with E-state index in [1.54, 1.807) is 11.1 Å². The first-order valence-corrected chi connectivity index (χ1v) is 23.4. The van der Waals surface area contributed by atoms with Crippen molar-refractivity contribution in [3.8, 4) is 0 Å². The summed E-state index contributed by atoms with van der Waals surface area (Å²) in [6.07, 6.45) is 18.2. The number of fused-ring (bicyclic) bond motifs is 1. The molecule has 0 unspecified atom stereocenters. The minimum Gasteiger partial charge on any atom is -0.417 e. The predicted molar refractivity (Wildman–Crippen MR) is 190 cm³/mol. The first kappa shape index (κ1) is 36.0. The molecule has 0 aliphatic heterocycles. The van der Waals surface area contributed by atoms with Gasteiger partial charge in [-0.25, -0.2) is 0 Å². The van der Waals surface area contributed by atoms with Crippen molar-refractivity contribution in [2.24, 2.45) is 29.1 Å². The van der Waals surface area contributed by atoms with Crippen LogP contribution in [0.5, 0.6) is 0 Å². The summed E-state index contributed by atoms with van der Waals surface area (Å²) in [6.45, 7) is 36.6. The Hall–Kier alpha value is -0.426. The second kappa shape index (κ2) is 13.5. The number of hydrogen-bond donors (Lipinski definition) is 0. The van der Waals surface area contributed by atoms with Crippen LogP contribution in [0.1, 0.15) is 127 Å². The Balaban J connectivity index is 1.62. The summed E-state index contributed by atoms with van der Waals surface area (Å²) in [5.74, 6) is 2.94. The summed E-state index contributed by atoms with van der Waals surface area (Å²) in [7, 11) is -3.46. The van der Waals surface area contributed by atoms with Crippen LogP contribution in [-0.4, -0.2) is 29.3 Å². The monoisotopic (exact) mass is 614 g/mol. The summed E-state index contributed by atoms with van der Waals surface area (Å²) in [6, 6.07) is 0. The Labute approximate surface area is 264 Å². The van der Waals surface area contributed by atoms with Gasteiger partial charge in [0.2, 0.25) is 0 Å². The highest BCUT2D eigenvalue weighted by atomic mass is 28.4. The van der Waals surface area contributed by atoms with Gasteiger partial charge < -0.3 is 8.85 Å². The molecule has 0 amide bonds. The van der Waals surface area contributed by atoms with E-state index in [2.05, 4.69) is 107 Å². The van der Waals surface area contributed by atoms with Crippen molar-refractivity contribution in [1.29, 1.82) is 0 Å². The number of hydrogen-bond acceptors (Lipinski definition) is 2. The predicted octanol–water partition coefficient (Wildman–Crippen LogP) is 12.3. The molecule has 3 aliphatic rings. The molecular formula is C38H70O2Si2. The summed E-state index contributed by atoms with van der Waals surface area (Å²) in [5.41, 5.74) is 5.10. The van der Waals surface area contributed by atoms with Crippen LogP contribution >= 0.6 is 0 Å². The number of allylic oxidation sites excluding steroid dienone is 3. The highest BCUT2D eigenvalue weighted by Crippen LogP contribution is 2.60. The van der Waals surface area contributed by atoms with Crippen LogP contribution in [-0.2, 0) is 8.85 Å². The average Bonchev–Trinajstić information content (AvgIpc) is 3.21. The fourth-order valence-electron chi connectivity index (χ4n) is 7.83. The smallest absolute Gasteiger partial charge is 0.192 e. The lowest BCUT2D eigenvalue weighted by Gasteiger charge is -2.44. The van der Waals surface area contributed by atoms with Gasteiger partial charge in [0.05, 0.1) is 6.10 Å². The van der Waals surface area contributed by atoms with Crippen molar-refractivity contribution >= 4 is 16.6 Å². The number of rotatable bonds is 10. The van der Waals surface area contributed by atoms with Crippen LogP contribution in [0.4, 0.5) is 0 Å². The van der Waals surface area contributed by atoms with E-state index in [0.717, 1.165) is 37.2 Å². The second-order valence-electron chi connectivity index (χ2n) is 18.0. The summed E-state index contributed by atoms with van der Waals surface area (Å²) >= 11 is 0. The minimum atomic E-state index is -1.83. The standard InChI is InChI=1S/C38H70O2Si2/c1-28(18-15-16-25-39-41(11,12)36(4,5)6)33-22-23-34-32(19-17-24-38(33,34)10)21-20-31-26-29(2)30(3)35(27-31)40-42(13,14)37(7,8)9/h20-21,28-29,33-35H,3,15-19,22-27H2,1-2,4-14H3/b31-20-,32-21+/t28-,29+,33+,34-,35+,38+/m0/s1. The molecule has 0 aromatic rings. The highest BCUT2D eigenvalue weighted by Gasteiger charge is 2.50. The van der Waals surface area contributed by atoms with Crippen molar-refractivity contribution in [3.05, 3.63) is 35.5 Å². The van der Waals surface area contributed by atoms with E-state index >= 15 is 0 Å². The molecule has 3 rings (SSSR count). The minimum absolute atomic E-state index is 0.180. The molecule has 3 saturated carbocycles. The Morgan fingerprint density at radius 1 is 0.952 bits per heavy atom. The van der Waals surface area contributed by atoms with Crippen LogP contribution in [0.3, 0.4) is 0 Å². The largest absolute Gasteiger partial charge is 0.417 e. The SMILES string of the molecule is C=C1[C@H](C)C/C(=C/C=C2\CCC[C@]3(C)[C@@H]([C@@H](C)CCCCO[Si](C)(C)C(C)(C)C)CC[C@@H]23)C[C@H]1O[Si](C)(C)C(C)(C)C. The van der Waals surface area contributed by atoms with Crippen molar-refractivity contribution in [2.75, 3.05) is 6.61 Å². The van der Waals surface area contributed by atoms with Crippen LogP contribution in [0, 0.1) is 29.1 Å². The molecule has 0 aromatic carbocycles. The molecule has 0 bridgehead atoms. The first-order valence-electron chi connectivity index (χ1n) is 17.6. The molecular weight excluding hydrogens is 545 g/mol. The summed E-state index contributed by atoms with van der Waals surface area (Å²) < 4.78 is 13.4. The second-order valence-corrected chi connectivity index (χ2v) is 27.6. The topological polar surface area (TPSA) is 18.5 Å². The molecule has 0 saturated heterocycles. The van der Waals surface area contributed by atoms with Gasteiger partial charge in [-0.15, -0.1) is 0 Å². The lowest BCUT2D eigenvalue weighted by Crippen LogP contribution is -2.45. The molecule has 2 nitrogen and oxygen atoms in total. The highest BCUT2D eigenvalue weighted by molar-refractivity contribution is 6.74. The zero-order chi connectivity index (χ0) is 31.7. The molecule has 4 heteroatoms. The third-order valence-corrected chi connectivity index (χ3v) is 21.9. The zero-order valence-corrected chi connectivity index (χ0v) is 32.3. The van der Waals surface area contributed by atoms with E-state index in [4.69, 9.17) is 8.85 Å². The van der Waals surface area contributed by atoms with E-state index in [1.807, 2.05) is 0 Å². The molecule has 0 N–H and O–H groups in total. The van der Waals surface area contributed by atoms with Gasteiger partial charge in [-0.05, 0) is 122 Å². The fourth-order valence-corrected chi connectivity index (χ4v) is 10.2. The van der Waals surface area contributed by atoms with Crippen molar-refractivity contribution in [1.82, 2.24) is 0 Å². The molecule has 3 aliphatic carbocycles. The maximum Gasteiger partial charge on any atom is 0.192 e. The van der Waals surface area contributed by atoms with E-state index in [-0.39, 0.29) is 11.1 Å². The molecule has 242 valence electrons. The van der Waals surface area contributed by atoms with Gasteiger partial charge in [-0.3, -0.25) is 0 Å². The van der Waals surface area contributed by atoms with Gasteiger partial charge in [0.15, 0.2) is 16.6 Å². The lowest BCUT2D eigenvalue weighted by molar-refractivity contribution is 0.0926. The normalized spacial score (nSPS) is 32.5. The zero-order valence-electron chi connectivity index (χ0n) is 30.3. The van der Waals surface area contributed by atoms with E-state index in [9.17, 15) is 0 Å². The third-order valence-electron chi connectivity index (χ3n) is 12.9. The van der Waals surface area contributed by atoms with Crippen LogP contribution < -0.4 is 0 Å². The Bertz CT molecular complexity index is 992. The maximum atomic E-state index is 6.92. The molecule has 0 radical (unpaired) electrons. The molecule has 0 heterocycles. The molecule has 0 spiro atoms. The fraction of sp³-hybridized carbons (Fsp3) is 0.842. The van der Waals surface area contributed by atoms with Crippen molar-refractivity contribution in [2.45, 2.75) is 169 Å². The van der Waals surface area contributed by atoms with E-state index < -0.39 is 16.6 Å².